The van der Waals surface area contributed by atoms with Crippen molar-refractivity contribution in [3.05, 3.63) is 132 Å². The van der Waals surface area contributed by atoms with E-state index in [2.05, 4.69) is 131 Å². The van der Waals surface area contributed by atoms with Crippen LogP contribution in [-0.2, 0) is 0 Å². The van der Waals surface area contributed by atoms with Gasteiger partial charge in [-0.3, -0.25) is 0 Å². The first-order chi connectivity index (χ1) is 17.8. The van der Waals surface area contributed by atoms with Crippen LogP contribution >= 0.6 is 15.9 Å². The van der Waals surface area contributed by atoms with E-state index in [4.69, 9.17) is 4.42 Å². The molecule has 2 heteroatoms. The maximum atomic E-state index is 6.56. The second-order valence-electron chi connectivity index (χ2n) is 9.02. The van der Waals surface area contributed by atoms with Gasteiger partial charge in [-0.15, -0.1) is 0 Å². The van der Waals surface area contributed by atoms with Crippen molar-refractivity contribution in [1.29, 1.82) is 0 Å². The third kappa shape index (κ3) is 3.30. The van der Waals surface area contributed by atoms with Crippen molar-refractivity contribution in [2.75, 3.05) is 0 Å². The van der Waals surface area contributed by atoms with Gasteiger partial charge in [0.25, 0.3) is 0 Å². The van der Waals surface area contributed by atoms with E-state index < -0.39 is 0 Å². The molecule has 7 aromatic rings. The van der Waals surface area contributed by atoms with Crippen LogP contribution in [0.1, 0.15) is 0 Å². The molecule has 0 saturated carbocycles. The number of benzene rings is 6. The van der Waals surface area contributed by atoms with Crippen molar-refractivity contribution in [2.45, 2.75) is 0 Å². The minimum absolute atomic E-state index is 0.900. The van der Waals surface area contributed by atoms with Crippen LogP contribution in [0.2, 0.25) is 0 Å². The van der Waals surface area contributed by atoms with Crippen molar-refractivity contribution in [1.82, 2.24) is 0 Å². The molecule has 0 unspecified atom stereocenters. The molecule has 170 valence electrons. The zero-order chi connectivity index (χ0) is 24.1. The molecule has 1 nitrogen and oxygen atoms in total. The summed E-state index contributed by atoms with van der Waals surface area (Å²) in [6.45, 7) is 0. The van der Waals surface area contributed by atoms with Crippen LogP contribution in [0.5, 0.6) is 0 Å². The number of halogens is 1. The molecule has 0 amide bonds. The van der Waals surface area contributed by atoms with E-state index in [0.29, 0.717) is 0 Å². The van der Waals surface area contributed by atoms with E-state index >= 15 is 0 Å². The maximum Gasteiger partial charge on any atom is 0.143 e. The molecule has 0 N–H and O–H groups in total. The number of para-hydroxylation sites is 1. The maximum absolute atomic E-state index is 6.56. The van der Waals surface area contributed by atoms with Crippen molar-refractivity contribution < 1.29 is 4.42 Å². The Morgan fingerprint density at radius 2 is 0.889 bits per heavy atom. The Labute approximate surface area is 217 Å². The van der Waals surface area contributed by atoms with Crippen molar-refractivity contribution >= 4 is 48.4 Å². The van der Waals surface area contributed by atoms with Gasteiger partial charge < -0.3 is 4.42 Å². The summed E-state index contributed by atoms with van der Waals surface area (Å²) in [5.74, 6) is 0.906. The molecule has 1 aromatic heterocycles. The van der Waals surface area contributed by atoms with Crippen LogP contribution < -0.4 is 0 Å². The molecule has 0 saturated heterocycles. The van der Waals surface area contributed by atoms with E-state index in [0.717, 1.165) is 32.3 Å². The van der Waals surface area contributed by atoms with Gasteiger partial charge in [-0.1, -0.05) is 125 Å². The minimum atomic E-state index is 0.900. The Bertz CT molecular complexity index is 1820. The van der Waals surface area contributed by atoms with E-state index in [-0.39, 0.29) is 0 Å². The fourth-order valence-electron chi connectivity index (χ4n) is 5.41. The summed E-state index contributed by atoms with van der Waals surface area (Å²) in [6, 6.07) is 44.9. The van der Waals surface area contributed by atoms with Gasteiger partial charge in [-0.05, 0) is 50.9 Å². The van der Waals surface area contributed by atoms with Crippen LogP contribution in [0.3, 0.4) is 0 Å². The number of fused-ring (bicyclic) bond motifs is 3. The van der Waals surface area contributed by atoms with Crippen LogP contribution in [0, 0.1) is 0 Å². The Balaban J connectivity index is 1.68. The SMILES string of the molecule is Brc1ccc(-c2c3ccccc3c(-c3c(-c4ccccc4)oc4ccccc34)c3ccccc23)cc1. The topological polar surface area (TPSA) is 13.1 Å². The fraction of sp³-hybridized carbons (Fsp3) is 0. The van der Waals surface area contributed by atoms with Gasteiger partial charge in [0.1, 0.15) is 11.3 Å². The highest BCUT2D eigenvalue weighted by Crippen LogP contribution is 2.49. The zero-order valence-corrected chi connectivity index (χ0v) is 21.0. The second-order valence-corrected chi connectivity index (χ2v) is 9.93. The second kappa shape index (κ2) is 8.51. The first-order valence-corrected chi connectivity index (χ1v) is 12.9. The summed E-state index contributed by atoms with van der Waals surface area (Å²) < 4.78 is 7.64. The average molecular weight is 525 g/mol. The highest BCUT2D eigenvalue weighted by molar-refractivity contribution is 9.10. The van der Waals surface area contributed by atoms with E-state index in [9.17, 15) is 0 Å². The van der Waals surface area contributed by atoms with Crippen molar-refractivity contribution in [2.24, 2.45) is 0 Å². The third-order valence-corrected chi connectivity index (χ3v) is 7.47. The largest absolute Gasteiger partial charge is 0.455 e. The number of furan rings is 1. The molecule has 1 heterocycles. The zero-order valence-electron chi connectivity index (χ0n) is 19.4. The molecule has 0 radical (unpaired) electrons. The molecule has 0 bridgehead atoms. The van der Waals surface area contributed by atoms with E-state index in [1.165, 1.54) is 38.2 Å². The van der Waals surface area contributed by atoms with Gasteiger partial charge >= 0.3 is 0 Å². The Hall–Kier alpha value is -4.14. The first kappa shape index (κ1) is 21.2. The summed E-state index contributed by atoms with van der Waals surface area (Å²) in [7, 11) is 0. The van der Waals surface area contributed by atoms with Crippen LogP contribution in [0.25, 0.3) is 66.1 Å². The lowest BCUT2D eigenvalue weighted by molar-refractivity contribution is 0.632. The molecule has 7 rings (SSSR count). The van der Waals surface area contributed by atoms with Gasteiger partial charge in [-0.25, -0.2) is 0 Å². The van der Waals surface area contributed by atoms with E-state index in [1.54, 1.807) is 0 Å². The Morgan fingerprint density at radius 1 is 0.389 bits per heavy atom. The molecule has 0 spiro atoms. The predicted octanol–water partition coefficient (Wildman–Crippen LogP) is 10.5. The molecule has 0 aliphatic rings. The molecular formula is C34H21BrO. The van der Waals surface area contributed by atoms with Crippen LogP contribution in [-0.4, -0.2) is 0 Å². The van der Waals surface area contributed by atoms with Crippen molar-refractivity contribution in [3.63, 3.8) is 0 Å². The predicted molar refractivity (Wildman–Crippen MR) is 155 cm³/mol. The first-order valence-electron chi connectivity index (χ1n) is 12.1. The normalized spacial score (nSPS) is 11.5. The summed E-state index contributed by atoms with van der Waals surface area (Å²) in [5, 5.41) is 6.04. The highest BCUT2D eigenvalue weighted by atomic mass is 79.9. The number of rotatable bonds is 3. The van der Waals surface area contributed by atoms with Gasteiger partial charge in [0.2, 0.25) is 0 Å². The fourth-order valence-corrected chi connectivity index (χ4v) is 5.68. The molecule has 36 heavy (non-hydrogen) atoms. The van der Waals surface area contributed by atoms with Gasteiger partial charge in [0.05, 0.1) is 0 Å². The lowest BCUT2D eigenvalue weighted by Gasteiger charge is -2.18. The molecule has 6 aromatic carbocycles. The van der Waals surface area contributed by atoms with Gasteiger partial charge in [-0.2, -0.15) is 0 Å². The standard InChI is InChI=1S/C34H21BrO/c35-24-20-18-22(19-21-24)31-25-12-4-6-14-27(25)32(28-15-7-5-13-26(28)31)33-29-16-8-9-17-30(29)36-34(33)23-10-2-1-3-11-23/h1-21H. The van der Waals surface area contributed by atoms with Crippen LogP contribution in [0.15, 0.2) is 136 Å². The summed E-state index contributed by atoms with van der Waals surface area (Å²) >= 11 is 3.60. The summed E-state index contributed by atoms with van der Waals surface area (Å²) in [6.07, 6.45) is 0. The van der Waals surface area contributed by atoms with Gasteiger partial charge in [0, 0.05) is 26.5 Å². The third-order valence-electron chi connectivity index (χ3n) is 6.95. The number of hydrogen-bond acceptors (Lipinski definition) is 1. The highest BCUT2D eigenvalue weighted by Gasteiger charge is 2.23. The minimum Gasteiger partial charge on any atom is -0.455 e. The average Bonchev–Trinajstić information content (AvgIpc) is 3.32. The lowest BCUT2D eigenvalue weighted by atomic mass is 9.84. The lowest BCUT2D eigenvalue weighted by Crippen LogP contribution is -1.91. The van der Waals surface area contributed by atoms with Gasteiger partial charge in [0.15, 0.2) is 0 Å². The molecular weight excluding hydrogens is 504 g/mol. The Kier molecular flexibility index (Phi) is 5.00. The monoisotopic (exact) mass is 524 g/mol. The summed E-state index contributed by atoms with van der Waals surface area (Å²) in [4.78, 5) is 0. The molecule has 0 atom stereocenters. The quantitative estimate of drug-likeness (QED) is 0.209. The molecule has 0 aliphatic carbocycles. The van der Waals surface area contributed by atoms with E-state index in [1.807, 2.05) is 12.1 Å². The molecule has 0 aliphatic heterocycles. The Morgan fingerprint density at radius 3 is 1.50 bits per heavy atom. The number of hydrogen-bond donors (Lipinski definition) is 0. The van der Waals surface area contributed by atoms with Crippen LogP contribution in [0.4, 0.5) is 0 Å². The summed E-state index contributed by atoms with van der Waals surface area (Å²) in [5.41, 5.74) is 6.80. The smallest absolute Gasteiger partial charge is 0.143 e. The van der Waals surface area contributed by atoms with Crippen molar-refractivity contribution in [3.8, 4) is 33.6 Å². The molecule has 0 fully saturated rings.